The summed E-state index contributed by atoms with van der Waals surface area (Å²) in [4.78, 5) is 11.4. The summed E-state index contributed by atoms with van der Waals surface area (Å²) in [5, 5.41) is 9.33. The number of alkyl halides is 3. The zero-order valence-electron chi connectivity index (χ0n) is 11.6. The van der Waals surface area contributed by atoms with Crippen molar-refractivity contribution in [1.82, 2.24) is 0 Å². The van der Waals surface area contributed by atoms with E-state index in [4.69, 9.17) is 5.73 Å². The molecule has 0 bridgehead atoms. The standard InChI is InChI=1S/C14H18F3NO2/c1-12(2,3)8-13(18,11(19)20)9-4-6-10(7-5-9)14(15,16)17/h4-7H,8,18H2,1-3H3,(H,19,20). The quantitative estimate of drug-likeness (QED) is 0.896. The van der Waals surface area contributed by atoms with Crippen LogP contribution in [0.4, 0.5) is 13.2 Å². The van der Waals surface area contributed by atoms with E-state index in [0.717, 1.165) is 24.3 Å². The Morgan fingerprint density at radius 2 is 1.50 bits per heavy atom. The zero-order chi connectivity index (χ0) is 15.8. The summed E-state index contributed by atoms with van der Waals surface area (Å²) in [7, 11) is 0. The number of halogens is 3. The molecule has 0 fully saturated rings. The van der Waals surface area contributed by atoms with Crippen LogP contribution in [0.25, 0.3) is 0 Å². The summed E-state index contributed by atoms with van der Waals surface area (Å²) < 4.78 is 37.5. The van der Waals surface area contributed by atoms with E-state index in [9.17, 15) is 23.1 Å². The fourth-order valence-corrected chi connectivity index (χ4v) is 2.09. The van der Waals surface area contributed by atoms with Crippen LogP contribution in [0.3, 0.4) is 0 Å². The molecule has 20 heavy (non-hydrogen) atoms. The molecule has 3 N–H and O–H groups in total. The smallest absolute Gasteiger partial charge is 0.416 e. The van der Waals surface area contributed by atoms with Crippen LogP contribution in [0.1, 0.15) is 38.3 Å². The lowest BCUT2D eigenvalue weighted by Gasteiger charge is -2.32. The first kappa shape index (κ1) is 16.5. The number of rotatable bonds is 3. The molecule has 0 saturated carbocycles. The maximum absolute atomic E-state index is 12.5. The van der Waals surface area contributed by atoms with Gasteiger partial charge in [-0.2, -0.15) is 13.2 Å². The van der Waals surface area contributed by atoms with Gasteiger partial charge in [-0.15, -0.1) is 0 Å². The molecule has 1 aromatic rings. The molecular weight excluding hydrogens is 271 g/mol. The van der Waals surface area contributed by atoms with Gasteiger partial charge in [0, 0.05) is 0 Å². The molecule has 1 unspecified atom stereocenters. The predicted octanol–water partition coefficient (Wildman–Crippen LogP) is 3.38. The zero-order valence-corrected chi connectivity index (χ0v) is 11.6. The third kappa shape index (κ3) is 3.72. The molecule has 0 aromatic heterocycles. The molecule has 0 heterocycles. The molecule has 6 heteroatoms. The fourth-order valence-electron chi connectivity index (χ4n) is 2.09. The number of aliphatic carboxylic acids is 1. The predicted molar refractivity (Wildman–Crippen MR) is 69.0 cm³/mol. The highest BCUT2D eigenvalue weighted by Crippen LogP contribution is 2.35. The molecule has 0 saturated heterocycles. The third-order valence-corrected chi connectivity index (χ3v) is 2.92. The molecule has 1 aromatic carbocycles. The Morgan fingerprint density at radius 3 is 1.80 bits per heavy atom. The highest BCUT2D eigenvalue weighted by atomic mass is 19.4. The van der Waals surface area contributed by atoms with Crippen LogP contribution in [0.5, 0.6) is 0 Å². The van der Waals surface area contributed by atoms with Gasteiger partial charge in [-0.1, -0.05) is 32.9 Å². The van der Waals surface area contributed by atoms with Gasteiger partial charge in [0.15, 0.2) is 0 Å². The first-order chi connectivity index (χ1) is 8.86. The Hall–Kier alpha value is -1.56. The lowest BCUT2D eigenvalue weighted by Crippen LogP contribution is -2.47. The third-order valence-electron chi connectivity index (χ3n) is 2.92. The van der Waals surface area contributed by atoms with Crippen molar-refractivity contribution < 1.29 is 23.1 Å². The molecule has 0 radical (unpaired) electrons. The Kier molecular flexibility index (Phi) is 4.20. The molecule has 112 valence electrons. The molecule has 0 amide bonds. The van der Waals surface area contributed by atoms with Crippen molar-refractivity contribution in [3.63, 3.8) is 0 Å². The van der Waals surface area contributed by atoms with Gasteiger partial charge in [0.2, 0.25) is 0 Å². The van der Waals surface area contributed by atoms with Crippen molar-refractivity contribution in [3.8, 4) is 0 Å². The van der Waals surface area contributed by atoms with E-state index in [2.05, 4.69) is 0 Å². The Balaban J connectivity index is 3.20. The number of carboxylic acid groups (broad SMARTS) is 1. The molecule has 0 aliphatic heterocycles. The number of carboxylic acids is 1. The summed E-state index contributed by atoms with van der Waals surface area (Å²) >= 11 is 0. The summed E-state index contributed by atoms with van der Waals surface area (Å²) in [6.07, 6.45) is -4.34. The number of hydrogen-bond donors (Lipinski definition) is 2. The molecule has 3 nitrogen and oxygen atoms in total. The highest BCUT2D eigenvalue weighted by molar-refractivity contribution is 5.80. The minimum Gasteiger partial charge on any atom is -0.480 e. The Bertz CT molecular complexity index is 489. The number of carbonyl (C=O) groups is 1. The van der Waals surface area contributed by atoms with E-state index in [1.165, 1.54) is 0 Å². The lowest BCUT2D eigenvalue weighted by atomic mass is 9.76. The number of hydrogen-bond acceptors (Lipinski definition) is 2. The molecule has 0 aliphatic rings. The van der Waals surface area contributed by atoms with Crippen molar-refractivity contribution in [2.24, 2.45) is 11.1 Å². The molecular formula is C14H18F3NO2. The second-order valence-electron chi connectivity index (χ2n) is 6.09. The van der Waals surface area contributed by atoms with Gasteiger partial charge in [-0.05, 0) is 29.5 Å². The van der Waals surface area contributed by atoms with E-state index in [1.54, 1.807) is 0 Å². The van der Waals surface area contributed by atoms with Gasteiger partial charge >= 0.3 is 12.1 Å². The molecule has 1 rings (SSSR count). The summed E-state index contributed by atoms with van der Waals surface area (Å²) in [6, 6.07) is 3.95. The molecule has 0 aliphatic carbocycles. The number of nitrogens with two attached hydrogens (primary N) is 1. The van der Waals surface area contributed by atoms with E-state index < -0.39 is 23.2 Å². The lowest BCUT2D eigenvalue weighted by molar-refractivity contribution is -0.145. The van der Waals surface area contributed by atoms with Gasteiger partial charge in [-0.3, -0.25) is 0 Å². The maximum Gasteiger partial charge on any atom is 0.416 e. The van der Waals surface area contributed by atoms with Gasteiger partial charge in [0.1, 0.15) is 5.54 Å². The minimum absolute atomic E-state index is 0.112. The van der Waals surface area contributed by atoms with Crippen LogP contribution in [0.2, 0.25) is 0 Å². The Morgan fingerprint density at radius 1 is 1.10 bits per heavy atom. The van der Waals surface area contributed by atoms with Gasteiger partial charge in [0.25, 0.3) is 0 Å². The summed E-state index contributed by atoms with van der Waals surface area (Å²) in [6.45, 7) is 5.46. The van der Waals surface area contributed by atoms with Crippen LogP contribution in [-0.2, 0) is 16.5 Å². The monoisotopic (exact) mass is 289 g/mol. The van der Waals surface area contributed by atoms with Crippen molar-refractivity contribution in [2.75, 3.05) is 0 Å². The van der Waals surface area contributed by atoms with Crippen molar-refractivity contribution in [3.05, 3.63) is 35.4 Å². The Labute approximate surface area is 115 Å². The summed E-state index contributed by atoms with van der Waals surface area (Å²) in [5.41, 5.74) is 3.17. The van der Waals surface area contributed by atoms with Crippen LogP contribution in [0, 0.1) is 5.41 Å². The van der Waals surface area contributed by atoms with Crippen molar-refractivity contribution in [2.45, 2.75) is 38.9 Å². The molecule has 0 spiro atoms. The minimum atomic E-state index is -4.46. The maximum atomic E-state index is 12.5. The average molecular weight is 289 g/mol. The average Bonchev–Trinajstić information content (AvgIpc) is 2.25. The van der Waals surface area contributed by atoms with Crippen LogP contribution >= 0.6 is 0 Å². The van der Waals surface area contributed by atoms with Crippen LogP contribution in [0.15, 0.2) is 24.3 Å². The van der Waals surface area contributed by atoms with E-state index >= 15 is 0 Å². The second kappa shape index (κ2) is 5.09. The van der Waals surface area contributed by atoms with E-state index in [0.29, 0.717) is 0 Å². The van der Waals surface area contributed by atoms with E-state index in [1.807, 2.05) is 20.8 Å². The van der Waals surface area contributed by atoms with Crippen LogP contribution < -0.4 is 5.73 Å². The second-order valence-corrected chi connectivity index (χ2v) is 6.09. The largest absolute Gasteiger partial charge is 0.480 e. The molecule has 1 atom stereocenters. The SMILES string of the molecule is CC(C)(C)CC(N)(C(=O)O)c1ccc(C(F)(F)F)cc1. The first-order valence-electron chi connectivity index (χ1n) is 6.06. The van der Waals surface area contributed by atoms with E-state index in [-0.39, 0.29) is 17.4 Å². The van der Waals surface area contributed by atoms with Crippen molar-refractivity contribution in [1.29, 1.82) is 0 Å². The topological polar surface area (TPSA) is 63.3 Å². The van der Waals surface area contributed by atoms with Gasteiger partial charge in [-0.25, -0.2) is 4.79 Å². The normalized spacial score (nSPS) is 15.8. The van der Waals surface area contributed by atoms with Crippen LogP contribution in [-0.4, -0.2) is 11.1 Å². The fraction of sp³-hybridized carbons (Fsp3) is 0.500. The van der Waals surface area contributed by atoms with Gasteiger partial charge in [0.05, 0.1) is 5.56 Å². The first-order valence-corrected chi connectivity index (χ1v) is 6.06. The van der Waals surface area contributed by atoms with Crippen molar-refractivity contribution >= 4 is 5.97 Å². The van der Waals surface area contributed by atoms with Gasteiger partial charge < -0.3 is 10.8 Å². The summed E-state index contributed by atoms with van der Waals surface area (Å²) in [5.74, 6) is -1.26. The number of benzene rings is 1. The highest BCUT2D eigenvalue weighted by Gasteiger charge is 2.40.